The zero-order valence-electron chi connectivity index (χ0n) is 20.6. The average molecular weight is 522 g/mol. The molecule has 8 nitrogen and oxygen atoms in total. The van der Waals surface area contributed by atoms with E-state index in [-0.39, 0.29) is 18.3 Å². The number of nitrogens with one attached hydrogen (secondary N) is 1. The maximum Gasteiger partial charge on any atom is 0.276 e. The molecule has 0 fully saturated rings. The molecule has 0 unspecified atom stereocenters. The first-order valence-corrected chi connectivity index (χ1v) is 12.3. The molecule has 37 heavy (non-hydrogen) atoms. The van der Waals surface area contributed by atoms with Gasteiger partial charge in [0.25, 0.3) is 5.91 Å². The van der Waals surface area contributed by atoms with E-state index in [0.717, 1.165) is 5.56 Å². The first kappa shape index (κ1) is 25.9. The molecule has 0 aliphatic carbocycles. The van der Waals surface area contributed by atoms with Crippen molar-refractivity contribution >= 4 is 23.2 Å². The Kier molecular flexibility index (Phi) is 8.89. The quantitative estimate of drug-likeness (QED) is 0.239. The minimum Gasteiger partial charge on any atom is -0.490 e. The fourth-order valence-corrected chi connectivity index (χ4v) is 3.62. The number of carbonyl (C=O) groups excluding carboxylic acids is 1. The monoisotopic (exact) mass is 521 g/mol. The molecule has 0 radical (unpaired) electrons. The number of ether oxygens (including phenoxy) is 4. The molecule has 9 heteroatoms. The molecule has 0 aliphatic rings. The lowest BCUT2D eigenvalue weighted by Crippen LogP contribution is -2.14. The van der Waals surface area contributed by atoms with Crippen molar-refractivity contribution in [3.8, 4) is 23.0 Å². The molecule has 4 rings (SSSR count). The lowest BCUT2D eigenvalue weighted by molar-refractivity contribution is 0.102. The molecule has 1 heterocycles. The summed E-state index contributed by atoms with van der Waals surface area (Å²) in [4.78, 5) is 12.6. The molecule has 1 amide bonds. The topological polar surface area (TPSA) is 83.8 Å². The minimum absolute atomic E-state index is 0.128. The summed E-state index contributed by atoms with van der Waals surface area (Å²) in [6, 6.07) is 21.7. The fraction of sp³-hybridized carbons (Fsp3) is 0.214. The first-order valence-electron chi connectivity index (χ1n) is 11.9. The van der Waals surface area contributed by atoms with Crippen LogP contribution in [0.25, 0.3) is 0 Å². The van der Waals surface area contributed by atoms with Crippen molar-refractivity contribution in [2.24, 2.45) is 0 Å². The number of halogens is 1. The molecule has 0 atom stereocenters. The molecule has 3 aromatic carbocycles. The van der Waals surface area contributed by atoms with Crippen LogP contribution < -0.4 is 24.3 Å². The Morgan fingerprint density at radius 3 is 2.38 bits per heavy atom. The first-order chi connectivity index (χ1) is 18.1. The van der Waals surface area contributed by atoms with Crippen LogP contribution in [-0.4, -0.2) is 28.9 Å². The van der Waals surface area contributed by atoms with E-state index in [1.165, 1.54) is 4.68 Å². The van der Waals surface area contributed by atoms with Gasteiger partial charge in [0, 0.05) is 11.9 Å². The summed E-state index contributed by atoms with van der Waals surface area (Å²) in [5.74, 6) is 2.30. The van der Waals surface area contributed by atoms with Gasteiger partial charge in [0.2, 0.25) is 0 Å². The Morgan fingerprint density at radius 2 is 1.62 bits per heavy atom. The number of hydrogen-bond acceptors (Lipinski definition) is 6. The summed E-state index contributed by atoms with van der Waals surface area (Å²) < 4.78 is 24.3. The van der Waals surface area contributed by atoms with Crippen molar-refractivity contribution in [1.82, 2.24) is 9.78 Å². The number of benzene rings is 3. The fourth-order valence-electron chi connectivity index (χ4n) is 3.43. The third-order valence-electron chi connectivity index (χ3n) is 5.19. The lowest BCUT2D eigenvalue weighted by Gasteiger charge is -2.13. The Labute approximate surface area is 220 Å². The highest BCUT2D eigenvalue weighted by molar-refractivity contribution is 6.32. The predicted octanol–water partition coefficient (Wildman–Crippen LogP) is 6.20. The highest BCUT2D eigenvalue weighted by Crippen LogP contribution is 2.29. The van der Waals surface area contributed by atoms with Crippen molar-refractivity contribution in [3.63, 3.8) is 0 Å². The van der Waals surface area contributed by atoms with Gasteiger partial charge in [-0.15, -0.1) is 0 Å². The molecule has 0 saturated carbocycles. The smallest absolute Gasteiger partial charge is 0.276 e. The molecular weight excluding hydrogens is 494 g/mol. The summed E-state index contributed by atoms with van der Waals surface area (Å²) in [7, 11) is 0. The summed E-state index contributed by atoms with van der Waals surface area (Å²) in [5, 5.41) is 7.60. The van der Waals surface area contributed by atoms with Crippen molar-refractivity contribution in [2.45, 2.75) is 27.2 Å². The Morgan fingerprint density at radius 1 is 0.865 bits per heavy atom. The number of para-hydroxylation sites is 1. The van der Waals surface area contributed by atoms with Crippen LogP contribution in [-0.2, 0) is 13.3 Å². The van der Waals surface area contributed by atoms with E-state index in [2.05, 4.69) is 10.4 Å². The van der Waals surface area contributed by atoms with Crippen molar-refractivity contribution in [3.05, 3.63) is 95.3 Å². The average Bonchev–Trinajstić information content (AvgIpc) is 3.39. The number of rotatable bonds is 12. The van der Waals surface area contributed by atoms with Gasteiger partial charge in [0.15, 0.2) is 23.9 Å². The molecule has 0 bridgehead atoms. The Balaban J connectivity index is 1.29. The van der Waals surface area contributed by atoms with E-state index in [0.29, 0.717) is 53.5 Å². The zero-order chi connectivity index (χ0) is 26.0. The van der Waals surface area contributed by atoms with Gasteiger partial charge in [-0.3, -0.25) is 4.79 Å². The van der Waals surface area contributed by atoms with Crippen LogP contribution >= 0.6 is 11.6 Å². The van der Waals surface area contributed by atoms with Crippen LogP contribution in [0.4, 0.5) is 5.69 Å². The number of hydrogen-bond donors (Lipinski definition) is 1. The van der Waals surface area contributed by atoms with Crippen LogP contribution in [0.3, 0.4) is 0 Å². The number of amides is 1. The summed E-state index contributed by atoms with van der Waals surface area (Å²) >= 11 is 6.10. The second-order valence-electron chi connectivity index (χ2n) is 7.86. The van der Waals surface area contributed by atoms with E-state index in [1.807, 2.05) is 44.2 Å². The van der Waals surface area contributed by atoms with E-state index in [1.54, 1.807) is 48.7 Å². The van der Waals surface area contributed by atoms with Crippen molar-refractivity contribution in [1.29, 1.82) is 0 Å². The largest absolute Gasteiger partial charge is 0.490 e. The third kappa shape index (κ3) is 7.17. The highest BCUT2D eigenvalue weighted by Gasteiger charge is 2.11. The van der Waals surface area contributed by atoms with Gasteiger partial charge >= 0.3 is 0 Å². The van der Waals surface area contributed by atoms with Crippen molar-refractivity contribution < 1.29 is 23.7 Å². The molecule has 192 valence electrons. The zero-order valence-corrected chi connectivity index (χ0v) is 21.4. The van der Waals surface area contributed by atoms with Crippen LogP contribution in [0.2, 0.25) is 5.02 Å². The second-order valence-corrected chi connectivity index (χ2v) is 8.27. The molecule has 0 aliphatic heterocycles. The van der Waals surface area contributed by atoms with Gasteiger partial charge in [-0.2, -0.15) is 5.10 Å². The molecular formula is C28H28ClN3O5. The van der Waals surface area contributed by atoms with E-state index < -0.39 is 0 Å². The highest BCUT2D eigenvalue weighted by atomic mass is 35.5. The van der Waals surface area contributed by atoms with Crippen molar-refractivity contribution in [2.75, 3.05) is 18.5 Å². The Hall–Kier alpha value is -4.17. The van der Waals surface area contributed by atoms with Gasteiger partial charge in [-0.25, -0.2) is 4.68 Å². The maximum atomic E-state index is 12.6. The SMILES string of the molecule is CCOc1ccc(COc2ccc(NC(=O)c3ccn(COc4ccccc4Cl)n3)cc2)cc1OCC. The molecule has 1 aromatic heterocycles. The normalized spacial score (nSPS) is 10.6. The van der Waals surface area contributed by atoms with Gasteiger partial charge < -0.3 is 24.3 Å². The van der Waals surface area contributed by atoms with Crippen LogP contribution in [0.5, 0.6) is 23.0 Å². The molecule has 0 saturated heterocycles. The van der Waals surface area contributed by atoms with Crippen LogP contribution in [0.1, 0.15) is 29.9 Å². The molecule has 1 N–H and O–H groups in total. The van der Waals surface area contributed by atoms with Gasteiger partial charge in [0.1, 0.15) is 18.1 Å². The van der Waals surface area contributed by atoms with Gasteiger partial charge in [0.05, 0.1) is 18.2 Å². The summed E-state index contributed by atoms with van der Waals surface area (Å²) in [6.07, 6.45) is 1.67. The standard InChI is InChI=1S/C28H28ClN3O5/c1-3-34-26-14-9-20(17-27(26)35-4-2)18-36-22-12-10-21(11-13-22)30-28(33)24-15-16-32(31-24)19-37-25-8-6-5-7-23(25)29/h5-17H,3-4,18-19H2,1-2H3,(H,30,33). The number of nitrogens with zero attached hydrogens (tertiary/aromatic N) is 2. The Bertz CT molecular complexity index is 1320. The summed E-state index contributed by atoms with van der Waals surface area (Å²) in [6.45, 7) is 5.48. The van der Waals surface area contributed by atoms with Gasteiger partial charge in [-0.1, -0.05) is 29.8 Å². The summed E-state index contributed by atoms with van der Waals surface area (Å²) in [5.41, 5.74) is 1.85. The van der Waals surface area contributed by atoms with E-state index in [9.17, 15) is 4.79 Å². The van der Waals surface area contributed by atoms with Crippen LogP contribution in [0.15, 0.2) is 79.0 Å². The lowest BCUT2D eigenvalue weighted by atomic mass is 10.2. The predicted molar refractivity (Wildman–Crippen MR) is 142 cm³/mol. The van der Waals surface area contributed by atoms with Crippen LogP contribution in [0, 0.1) is 0 Å². The number of aromatic nitrogens is 2. The minimum atomic E-state index is -0.331. The number of anilines is 1. The maximum absolute atomic E-state index is 12.6. The van der Waals surface area contributed by atoms with Gasteiger partial charge in [-0.05, 0) is 74.0 Å². The molecule has 0 spiro atoms. The third-order valence-corrected chi connectivity index (χ3v) is 5.50. The molecule has 4 aromatic rings. The van der Waals surface area contributed by atoms with E-state index >= 15 is 0 Å². The second kappa shape index (κ2) is 12.7. The number of carbonyl (C=O) groups is 1. The van der Waals surface area contributed by atoms with E-state index in [4.69, 9.17) is 30.5 Å².